The molecule has 2 saturated heterocycles. The molecular weight excluding hydrogens is 404 g/mol. The van der Waals surface area contributed by atoms with E-state index in [1.54, 1.807) is 23.1 Å². The van der Waals surface area contributed by atoms with E-state index in [1.807, 2.05) is 43.3 Å². The fourth-order valence-electron chi connectivity index (χ4n) is 3.35. The highest BCUT2D eigenvalue weighted by atomic mass is 32.2. The number of hydrogen-bond acceptors (Lipinski definition) is 6. The minimum absolute atomic E-state index is 0.0614. The van der Waals surface area contributed by atoms with Crippen molar-refractivity contribution in [3.63, 3.8) is 0 Å². The van der Waals surface area contributed by atoms with E-state index in [4.69, 9.17) is 9.47 Å². The second-order valence-electron chi connectivity index (χ2n) is 6.89. The summed E-state index contributed by atoms with van der Waals surface area (Å²) in [6.07, 6.45) is 2.15. The first-order valence-electron chi connectivity index (χ1n) is 9.57. The first-order chi connectivity index (χ1) is 14.5. The number of benzene rings is 2. The van der Waals surface area contributed by atoms with Gasteiger partial charge in [-0.3, -0.25) is 14.9 Å². The summed E-state index contributed by atoms with van der Waals surface area (Å²) >= 11 is 0.890. The number of carbonyl (C=O) groups is 3. The monoisotopic (exact) mass is 424 g/mol. The number of likely N-dealkylation sites (N-methyl/N-ethyl adjacent to an activating group) is 1. The second kappa shape index (κ2) is 8.62. The number of amides is 3. The summed E-state index contributed by atoms with van der Waals surface area (Å²) in [5.41, 5.74) is 1.91. The van der Waals surface area contributed by atoms with E-state index in [0.717, 1.165) is 29.3 Å². The summed E-state index contributed by atoms with van der Waals surface area (Å²) in [7, 11) is 0. The van der Waals surface area contributed by atoms with Crippen LogP contribution in [0.2, 0.25) is 0 Å². The number of hydrogen-bond donors (Lipinski definition) is 1. The lowest BCUT2D eigenvalue weighted by atomic mass is 10.1. The molecule has 2 aliphatic rings. The molecule has 2 fully saturated rings. The van der Waals surface area contributed by atoms with Crippen LogP contribution < -0.4 is 10.1 Å². The van der Waals surface area contributed by atoms with Gasteiger partial charge in [0.25, 0.3) is 11.1 Å². The van der Waals surface area contributed by atoms with E-state index in [0.29, 0.717) is 29.6 Å². The zero-order valence-corrected chi connectivity index (χ0v) is 17.1. The molecule has 0 aliphatic carbocycles. The lowest BCUT2D eigenvalue weighted by Crippen LogP contribution is -2.34. The fourth-order valence-corrected chi connectivity index (χ4v) is 4.03. The largest absolute Gasteiger partial charge is 0.457 e. The van der Waals surface area contributed by atoms with Crippen molar-refractivity contribution in [1.82, 2.24) is 10.2 Å². The molecule has 154 valence electrons. The summed E-state index contributed by atoms with van der Waals surface area (Å²) in [6.45, 7) is 3.00. The Hall–Kier alpha value is -3.26. The standard InChI is InChI=1S/C22H20N2O5S/c1-2-24-16(13-28-22(24)27)11-14-3-7-17(8-4-14)29-18-9-5-15(6-10-18)12-19-20(25)23-21(26)30-19/h3-10,12,16H,2,11,13H2,1H3,(H,23,25,26). The Morgan fingerprint density at radius 2 is 1.77 bits per heavy atom. The molecule has 0 aromatic heterocycles. The van der Waals surface area contributed by atoms with Crippen LogP contribution in [0, 0.1) is 0 Å². The number of rotatable bonds is 6. The normalized spacial score (nSPS) is 19.9. The highest BCUT2D eigenvalue weighted by Gasteiger charge is 2.31. The Balaban J connectivity index is 1.37. The van der Waals surface area contributed by atoms with Crippen LogP contribution >= 0.6 is 11.8 Å². The molecular formula is C22H20N2O5S. The predicted molar refractivity (Wildman–Crippen MR) is 113 cm³/mol. The van der Waals surface area contributed by atoms with E-state index in [2.05, 4.69) is 5.32 Å². The topological polar surface area (TPSA) is 84.9 Å². The highest BCUT2D eigenvalue weighted by Crippen LogP contribution is 2.27. The summed E-state index contributed by atoms with van der Waals surface area (Å²) in [6, 6.07) is 15.1. The number of carbonyl (C=O) groups excluding carboxylic acids is 3. The average Bonchev–Trinajstić information content (AvgIpc) is 3.25. The minimum Gasteiger partial charge on any atom is -0.457 e. The SMILES string of the molecule is CCN1C(=O)OCC1Cc1ccc(Oc2ccc(C=C3SC(=O)NC3=O)cc2)cc1. The Labute approximate surface area is 178 Å². The maximum atomic E-state index is 11.7. The molecule has 0 spiro atoms. The van der Waals surface area contributed by atoms with E-state index in [1.165, 1.54) is 0 Å². The van der Waals surface area contributed by atoms with E-state index in [9.17, 15) is 14.4 Å². The number of thioether (sulfide) groups is 1. The van der Waals surface area contributed by atoms with E-state index >= 15 is 0 Å². The molecule has 4 rings (SSSR count). The molecule has 1 atom stereocenters. The van der Waals surface area contributed by atoms with Crippen molar-refractivity contribution in [1.29, 1.82) is 0 Å². The van der Waals surface area contributed by atoms with Gasteiger partial charge in [0.1, 0.15) is 18.1 Å². The molecule has 2 aromatic rings. The van der Waals surface area contributed by atoms with Crippen LogP contribution in [-0.4, -0.2) is 41.3 Å². The van der Waals surface area contributed by atoms with Gasteiger partial charge in [-0.05, 0) is 66.6 Å². The zero-order chi connectivity index (χ0) is 21.1. The molecule has 2 heterocycles. The van der Waals surface area contributed by atoms with Crippen LogP contribution in [0.3, 0.4) is 0 Å². The molecule has 8 heteroatoms. The van der Waals surface area contributed by atoms with Crippen LogP contribution in [-0.2, 0) is 16.0 Å². The number of ether oxygens (including phenoxy) is 2. The van der Waals surface area contributed by atoms with Crippen molar-refractivity contribution < 1.29 is 23.9 Å². The Morgan fingerprint density at radius 3 is 2.37 bits per heavy atom. The quantitative estimate of drug-likeness (QED) is 0.700. The van der Waals surface area contributed by atoms with Crippen LogP contribution in [0.25, 0.3) is 6.08 Å². The molecule has 2 aliphatic heterocycles. The number of nitrogens with zero attached hydrogens (tertiary/aromatic N) is 1. The Bertz CT molecular complexity index is 1000. The Kier molecular flexibility index (Phi) is 5.76. The van der Waals surface area contributed by atoms with Gasteiger partial charge in [-0.2, -0.15) is 0 Å². The van der Waals surface area contributed by atoms with E-state index in [-0.39, 0.29) is 23.3 Å². The van der Waals surface area contributed by atoms with Crippen molar-refractivity contribution in [2.24, 2.45) is 0 Å². The summed E-state index contributed by atoms with van der Waals surface area (Å²) < 4.78 is 11.0. The predicted octanol–water partition coefficient (Wildman–Crippen LogP) is 4.19. The first-order valence-corrected chi connectivity index (χ1v) is 10.4. The summed E-state index contributed by atoms with van der Waals surface area (Å²) in [5.74, 6) is 0.990. The van der Waals surface area contributed by atoms with Crippen molar-refractivity contribution in [2.75, 3.05) is 13.2 Å². The average molecular weight is 424 g/mol. The molecule has 7 nitrogen and oxygen atoms in total. The van der Waals surface area contributed by atoms with Gasteiger partial charge in [-0.25, -0.2) is 4.79 Å². The molecule has 1 N–H and O–H groups in total. The van der Waals surface area contributed by atoms with Crippen molar-refractivity contribution in [3.05, 3.63) is 64.6 Å². The van der Waals surface area contributed by atoms with Gasteiger partial charge in [0, 0.05) is 6.54 Å². The van der Waals surface area contributed by atoms with Gasteiger partial charge < -0.3 is 14.4 Å². The van der Waals surface area contributed by atoms with Crippen molar-refractivity contribution in [3.8, 4) is 11.5 Å². The van der Waals surface area contributed by atoms with Gasteiger partial charge in [0.2, 0.25) is 0 Å². The molecule has 0 saturated carbocycles. The number of nitrogens with one attached hydrogen (secondary N) is 1. The maximum absolute atomic E-state index is 11.7. The highest BCUT2D eigenvalue weighted by molar-refractivity contribution is 8.18. The van der Waals surface area contributed by atoms with Gasteiger partial charge in [-0.15, -0.1) is 0 Å². The third-order valence-corrected chi connectivity index (χ3v) is 5.68. The second-order valence-corrected chi connectivity index (χ2v) is 7.90. The zero-order valence-electron chi connectivity index (χ0n) is 16.3. The molecule has 3 amide bonds. The summed E-state index contributed by atoms with van der Waals surface area (Å²) in [4.78, 5) is 36.6. The van der Waals surface area contributed by atoms with Crippen molar-refractivity contribution >= 4 is 35.1 Å². The van der Waals surface area contributed by atoms with Crippen LogP contribution in [0.1, 0.15) is 18.1 Å². The van der Waals surface area contributed by atoms with Gasteiger partial charge in [0.05, 0.1) is 10.9 Å². The maximum Gasteiger partial charge on any atom is 0.410 e. The minimum atomic E-state index is -0.374. The first kappa shape index (κ1) is 20.0. The third kappa shape index (κ3) is 4.49. The van der Waals surface area contributed by atoms with E-state index < -0.39 is 0 Å². The summed E-state index contributed by atoms with van der Waals surface area (Å²) in [5, 5.41) is 1.87. The van der Waals surface area contributed by atoms with Gasteiger partial charge in [0.15, 0.2) is 0 Å². The smallest absolute Gasteiger partial charge is 0.410 e. The van der Waals surface area contributed by atoms with Gasteiger partial charge in [-0.1, -0.05) is 24.3 Å². The van der Waals surface area contributed by atoms with Gasteiger partial charge >= 0.3 is 6.09 Å². The lowest BCUT2D eigenvalue weighted by Gasteiger charge is -2.19. The fraction of sp³-hybridized carbons (Fsp3) is 0.227. The molecule has 0 bridgehead atoms. The van der Waals surface area contributed by atoms with Crippen molar-refractivity contribution in [2.45, 2.75) is 19.4 Å². The molecule has 0 radical (unpaired) electrons. The molecule has 2 aromatic carbocycles. The number of cyclic esters (lactones) is 1. The van der Waals surface area contributed by atoms with Crippen LogP contribution in [0.4, 0.5) is 9.59 Å². The molecule has 30 heavy (non-hydrogen) atoms. The Morgan fingerprint density at radius 1 is 1.10 bits per heavy atom. The van der Waals surface area contributed by atoms with Crippen LogP contribution in [0.5, 0.6) is 11.5 Å². The van der Waals surface area contributed by atoms with Crippen LogP contribution in [0.15, 0.2) is 53.4 Å². The molecule has 1 unspecified atom stereocenters. The third-order valence-electron chi connectivity index (χ3n) is 4.87. The number of imide groups is 1. The lowest BCUT2D eigenvalue weighted by molar-refractivity contribution is -0.115.